The topological polar surface area (TPSA) is 72.5 Å². The quantitative estimate of drug-likeness (QED) is 0.644. The molecule has 3 N–H and O–H groups in total. The first-order valence-electron chi connectivity index (χ1n) is 4.96. The van der Waals surface area contributed by atoms with Crippen LogP contribution >= 0.6 is 0 Å². The van der Waals surface area contributed by atoms with Gasteiger partial charge in [-0.05, 0) is 6.07 Å². The lowest BCUT2D eigenvalue weighted by Gasteiger charge is -2.03. The second-order valence-corrected chi connectivity index (χ2v) is 3.73. The highest BCUT2D eigenvalue weighted by Gasteiger charge is 2.11. The molecule has 0 unspecified atom stereocenters. The fourth-order valence-electron chi connectivity index (χ4n) is 1.94. The number of aromatic nitrogens is 4. The summed E-state index contributed by atoms with van der Waals surface area (Å²) in [5.74, 6) is 0.578. The Labute approximate surface area is 91.9 Å². The van der Waals surface area contributed by atoms with Gasteiger partial charge in [-0.3, -0.25) is 5.10 Å². The van der Waals surface area contributed by atoms with Gasteiger partial charge in [-0.1, -0.05) is 12.1 Å². The number of anilines is 1. The average molecular weight is 213 g/mol. The van der Waals surface area contributed by atoms with Crippen molar-refractivity contribution in [2.24, 2.45) is 7.05 Å². The number of hydrogen-bond acceptors (Lipinski definition) is 3. The number of nitrogens with two attached hydrogens (primary N) is 1. The number of hydrogen-bond donors (Lipinski definition) is 2. The Morgan fingerprint density at radius 1 is 1.31 bits per heavy atom. The van der Waals surface area contributed by atoms with E-state index < -0.39 is 0 Å². The normalized spacial score (nSPS) is 11.1. The zero-order valence-electron chi connectivity index (χ0n) is 8.81. The third-order valence-corrected chi connectivity index (χ3v) is 2.70. The Kier molecular flexibility index (Phi) is 1.73. The van der Waals surface area contributed by atoms with Gasteiger partial charge in [0.25, 0.3) is 0 Å². The molecule has 0 aliphatic rings. The van der Waals surface area contributed by atoms with Gasteiger partial charge in [-0.15, -0.1) is 0 Å². The summed E-state index contributed by atoms with van der Waals surface area (Å²) in [4.78, 5) is 4.31. The Hall–Kier alpha value is -2.30. The van der Waals surface area contributed by atoms with E-state index in [9.17, 15) is 0 Å². The van der Waals surface area contributed by atoms with Crippen molar-refractivity contribution in [2.45, 2.75) is 0 Å². The van der Waals surface area contributed by atoms with Crippen LogP contribution in [0.15, 0.2) is 30.7 Å². The van der Waals surface area contributed by atoms with Crippen LogP contribution in [0.25, 0.3) is 22.2 Å². The monoisotopic (exact) mass is 213 g/mol. The lowest BCUT2D eigenvalue weighted by molar-refractivity contribution is 0.948. The maximum Gasteiger partial charge on any atom is 0.126 e. The molecule has 3 aromatic rings. The Balaban J connectivity index is 2.39. The lowest BCUT2D eigenvalue weighted by atomic mass is 10.1. The van der Waals surface area contributed by atoms with Gasteiger partial charge in [0.1, 0.15) is 5.82 Å². The van der Waals surface area contributed by atoms with E-state index in [1.165, 1.54) is 0 Å². The second kappa shape index (κ2) is 3.10. The summed E-state index contributed by atoms with van der Waals surface area (Å²) in [5, 5.41) is 6.68. The van der Waals surface area contributed by atoms with Crippen LogP contribution in [0, 0.1) is 0 Å². The van der Waals surface area contributed by atoms with Crippen LogP contribution in [-0.2, 0) is 7.05 Å². The maximum absolute atomic E-state index is 5.83. The molecule has 2 heterocycles. The Morgan fingerprint density at radius 3 is 2.94 bits per heavy atom. The summed E-state index contributed by atoms with van der Waals surface area (Å²) in [7, 11) is 1.97. The van der Waals surface area contributed by atoms with Gasteiger partial charge >= 0.3 is 0 Å². The molecule has 0 radical (unpaired) electrons. The van der Waals surface area contributed by atoms with Crippen molar-refractivity contribution in [3.05, 3.63) is 30.7 Å². The van der Waals surface area contributed by atoms with Crippen LogP contribution in [0.1, 0.15) is 0 Å². The fraction of sp³-hybridized carbons (Fsp3) is 0.0909. The minimum atomic E-state index is 0.578. The maximum atomic E-state index is 5.83. The molecule has 0 amide bonds. The number of nitrogen functional groups attached to an aromatic ring is 1. The number of nitrogens with one attached hydrogen (secondary N) is 1. The standard InChI is InChI=1S/C11H11N5/c1-16-6-13-9-4-2-3-7(10(9)16)8-5-14-15-11(8)12/h2-6H,1H3,(H3,12,14,15). The highest BCUT2D eigenvalue weighted by molar-refractivity contribution is 5.94. The molecule has 80 valence electrons. The van der Waals surface area contributed by atoms with E-state index in [1.807, 2.05) is 29.8 Å². The van der Waals surface area contributed by atoms with E-state index in [0.717, 1.165) is 22.2 Å². The van der Waals surface area contributed by atoms with E-state index in [0.29, 0.717) is 5.82 Å². The van der Waals surface area contributed by atoms with Crippen molar-refractivity contribution < 1.29 is 0 Å². The lowest BCUT2D eigenvalue weighted by Crippen LogP contribution is -1.91. The molecule has 0 spiro atoms. The highest BCUT2D eigenvalue weighted by Crippen LogP contribution is 2.30. The fourth-order valence-corrected chi connectivity index (χ4v) is 1.94. The first-order chi connectivity index (χ1) is 7.77. The molecule has 0 saturated carbocycles. The molecule has 0 atom stereocenters. The van der Waals surface area contributed by atoms with Crippen LogP contribution in [0.2, 0.25) is 0 Å². The van der Waals surface area contributed by atoms with E-state index in [1.54, 1.807) is 12.5 Å². The SMILES string of the molecule is Cn1cnc2cccc(-c3cn[nH]c3N)c21. The summed E-state index contributed by atoms with van der Waals surface area (Å²) < 4.78 is 1.98. The summed E-state index contributed by atoms with van der Waals surface area (Å²) in [6, 6.07) is 5.97. The van der Waals surface area contributed by atoms with Gasteiger partial charge in [0.15, 0.2) is 0 Å². The van der Waals surface area contributed by atoms with Crippen LogP contribution in [0.3, 0.4) is 0 Å². The molecule has 5 nitrogen and oxygen atoms in total. The van der Waals surface area contributed by atoms with Crippen molar-refractivity contribution in [3.8, 4) is 11.1 Å². The van der Waals surface area contributed by atoms with Gasteiger partial charge in [0, 0.05) is 18.2 Å². The van der Waals surface area contributed by atoms with Crippen LogP contribution in [0.5, 0.6) is 0 Å². The smallest absolute Gasteiger partial charge is 0.126 e. The third-order valence-electron chi connectivity index (χ3n) is 2.70. The summed E-state index contributed by atoms with van der Waals surface area (Å²) >= 11 is 0. The number of fused-ring (bicyclic) bond motifs is 1. The van der Waals surface area contributed by atoms with Gasteiger partial charge < -0.3 is 10.3 Å². The molecular formula is C11H11N5. The van der Waals surface area contributed by atoms with Crippen molar-refractivity contribution >= 4 is 16.9 Å². The predicted molar refractivity (Wildman–Crippen MR) is 62.7 cm³/mol. The first-order valence-corrected chi connectivity index (χ1v) is 4.96. The molecular weight excluding hydrogens is 202 g/mol. The molecule has 16 heavy (non-hydrogen) atoms. The van der Waals surface area contributed by atoms with Gasteiger partial charge in [0.2, 0.25) is 0 Å². The molecule has 0 saturated heterocycles. The Morgan fingerprint density at radius 2 is 2.19 bits per heavy atom. The van der Waals surface area contributed by atoms with Crippen LogP contribution < -0.4 is 5.73 Å². The van der Waals surface area contributed by atoms with Crippen molar-refractivity contribution in [3.63, 3.8) is 0 Å². The largest absolute Gasteiger partial charge is 0.384 e. The van der Waals surface area contributed by atoms with Gasteiger partial charge in [-0.25, -0.2) is 4.98 Å². The minimum Gasteiger partial charge on any atom is -0.384 e. The zero-order valence-corrected chi connectivity index (χ0v) is 8.81. The van der Waals surface area contributed by atoms with Gasteiger partial charge in [0.05, 0.1) is 23.6 Å². The first kappa shape index (κ1) is 8.96. The van der Waals surface area contributed by atoms with E-state index in [-0.39, 0.29) is 0 Å². The number of para-hydroxylation sites is 1. The number of rotatable bonds is 1. The highest BCUT2D eigenvalue weighted by atomic mass is 15.1. The molecule has 3 rings (SSSR count). The average Bonchev–Trinajstić information content (AvgIpc) is 2.86. The Bertz CT molecular complexity index is 649. The molecule has 0 bridgehead atoms. The van der Waals surface area contributed by atoms with Gasteiger partial charge in [-0.2, -0.15) is 5.10 Å². The molecule has 1 aromatic carbocycles. The molecule has 5 heteroatoms. The number of imidazole rings is 1. The molecule has 0 fully saturated rings. The summed E-state index contributed by atoms with van der Waals surface area (Å²) in [5.41, 5.74) is 9.82. The third kappa shape index (κ3) is 1.11. The van der Waals surface area contributed by atoms with Crippen molar-refractivity contribution in [1.82, 2.24) is 19.7 Å². The number of aryl methyl sites for hydroxylation is 1. The van der Waals surface area contributed by atoms with E-state index in [4.69, 9.17) is 5.73 Å². The molecule has 0 aliphatic heterocycles. The van der Waals surface area contributed by atoms with E-state index in [2.05, 4.69) is 15.2 Å². The number of benzene rings is 1. The zero-order chi connectivity index (χ0) is 11.1. The van der Waals surface area contributed by atoms with Crippen molar-refractivity contribution in [1.29, 1.82) is 0 Å². The van der Waals surface area contributed by atoms with E-state index >= 15 is 0 Å². The summed E-state index contributed by atoms with van der Waals surface area (Å²) in [6.07, 6.45) is 3.53. The van der Waals surface area contributed by atoms with Crippen molar-refractivity contribution in [2.75, 3.05) is 5.73 Å². The number of aromatic amines is 1. The molecule has 2 aromatic heterocycles. The number of H-pyrrole nitrogens is 1. The summed E-state index contributed by atoms with van der Waals surface area (Å²) in [6.45, 7) is 0. The van der Waals surface area contributed by atoms with Crippen LogP contribution in [-0.4, -0.2) is 19.7 Å². The van der Waals surface area contributed by atoms with Crippen LogP contribution in [0.4, 0.5) is 5.82 Å². The molecule has 0 aliphatic carbocycles. The number of nitrogens with zero attached hydrogens (tertiary/aromatic N) is 3. The minimum absolute atomic E-state index is 0.578. The second-order valence-electron chi connectivity index (χ2n) is 3.73. The predicted octanol–water partition coefficient (Wildman–Crippen LogP) is 1.55.